The third-order valence-electron chi connectivity index (χ3n) is 3.31. The molecule has 0 spiro atoms. The Labute approximate surface area is 111 Å². The van der Waals surface area contributed by atoms with Crippen LogP contribution < -0.4 is 0 Å². The molecule has 1 unspecified atom stereocenters. The number of carbonyl (C=O) groups is 1. The molecule has 1 fully saturated rings. The first kappa shape index (κ1) is 13.0. The molecule has 5 heteroatoms. The summed E-state index contributed by atoms with van der Waals surface area (Å²) in [6.45, 7) is 0.644. The van der Waals surface area contributed by atoms with Crippen molar-refractivity contribution in [1.82, 2.24) is 4.90 Å². The molecule has 0 radical (unpaired) electrons. The molecule has 1 aromatic rings. The lowest BCUT2D eigenvalue weighted by atomic mass is 10.0. The van der Waals surface area contributed by atoms with Crippen molar-refractivity contribution in [3.8, 4) is 11.5 Å². The first-order valence-corrected chi connectivity index (χ1v) is 6.56. The number of piperidine rings is 1. The highest BCUT2D eigenvalue weighted by molar-refractivity contribution is 6.18. The van der Waals surface area contributed by atoms with Gasteiger partial charge in [0.15, 0.2) is 11.5 Å². The minimum Gasteiger partial charge on any atom is -0.504 e. The van der Waals surface area contributed by atoms with Crippen LogP contribution in [0.5, 0.6) is 11.5 Å². The van der Waals surface area contributed by atoms with Crippen molar-refractivity contribution < 1.29 is 15.0 Å². The zero-order chi connectivity index (χ0) is 13.1. The van der Waals surface area contributed by atoms with Gasteiger partial charge in [-0.1, -0.05) is 6.07 Å². The van der Waals surface area contributed by atoms with Crippen LogP contribution in [0.2, 0.25) is 0 Å². The molecular formula is C13H16ClNO3. The molecule has 2 rings (SSSR count). The van der Waals surface area contributed by atoms with Gasteiger partial charge in [-0.15, -0.1) is 11.6 Å². The number of rotatable bonds is 2. The molecule has 1 aliphatic rings. The Hall–Kier alpha value is -1.42. The van der Waals surface area contributed by atoms with Crippen LogP contribution in [-0.2, 0) is 0 Å². The fourth-order valence-corrected chi connectivity index (χ4v) is 2.61. The minimum absolute atomic E-state index is 0.00895. The van der Waals surface area contributed by atoms with Crippen LogP contribution >= 0.6 is 11.6 Å². The van der Waals surface area contributed by atoms with E-state index in [1.165, 1.54) is 12.1 Å². The third-order valence-corrected chi connectivity index (χ3v) is 3.67. The summed E-state index contributed by atoms with van der Waals surface area (Å²) in [5, 5.41) is 19.2. The van der Waals surface area contributed by atoms with Crippen LogP contribution in [0.3, 0.4) is 0 Å². The molecule has 1 saturated heterocycles. The van der Waals surface area contributed by atoms with E-state index in [0.29, 0.717) is 12.4 Å². The molecule has 1 amide bonds. The topological polar surface area (TPSA) is 60.8 Å². The van der Waals surface area contributed by atoms with E-state index in [2.05, 4.69) is 0 Å². The number of hydrogen-bond donors (Lipinski definition) is 2. The summed E-state index contributed by atoms with van der Waals surface area (Å²) in [5.74, 6) is -0.513. The highest BCUT2D eigenvalue weighted by Crippen LogP contribution is 2.30. The molecular weight excluding hydrogens is 254 g/mol. The van der Waals surface area contributed by atoms with E-state index in [9.17, 15) is 15.0 Å². The van der Waals surface area contributed by atoms with E-state index in [4.69, 9.17) is 11.6 Å². The normalized spacial score (nSPS) is 19.8. The van der Waals surface area contributed by atoms with E-state index in [0.717, 1.165) is 19.3 Å². The van der Waals surface area contributed by atoms with E-state index < -0.39 is 0 Å². The van der Waals surface area contributed by atoms with Crippen molar-refractivity contribution >= 4 is 17.5 Å². The van der Waals surface area contributed by atoms with Crippen LogP contribution in [0.25, 0.3) is 0 Å². The predicted octanol–water partition coefficient (Wildman–Crippen LogP) is 2.33. The fourth-order valence-electron chi connectivity index (χ4n) is 2.29. The Bertz CT molecular complexity index is 450. The number of phenolic OH excluding ortho intramolecular Hbond substituents is 2. The summed E-state index contributed by atoms with van der Waals surface area (Å²) in [6, 6.07) is 4.41. The number of para-hydroxylation sites is 1. The van der Waals surface area contributed by atoms with Gasteiger partial charge < -0.3 is 15.1 Å². The van der Waals surface area contributed by atoms with Gasteiger partial charge in [0.1, 0.15) is 0 Å². The number of benzene rings is 1. The summed E-state index contributed by atoms with van der Waals surface area (Å²) in [6.07, 6.45) is 2.89. The minimum atomic E-state index is -0.360. The van der Waals surface area contributed by atoms with Gasteiger partial charge in [-0.3, -0.25) is 4.79 Å². The molecule has 0 aromatic heterocycles. The standard InChI is InChI=1S/C13H16ClNO3/c14-8-9-4-1-2-7-15(9)13(18)10-5-3-6-11(16)12(10)17/h3,5-6,9,16-17H,1-2,4,7-8H2. The van der Waals surface area contributed by atoms with Crippen molar-refractivity contribution in [3.05, 3.63) is 23.8 Å². The molecule has 4 nitrogen and oxygen atoms in total. The van der Waals surface area contributed by atoms with E-state index in [1.807, 2.05) is 0 Å². The number of hydrogen-bond acceptors (Lipinski definition) is 3. The maximum Gasteiger partial charge on any atom is 0.258 e. The lowest BCUT2D eigenvalue weighted by Gasteiger charge is -2.34. The number of alkyl halides is 1. The van der Waals surface area contributed by atoms with Crippen LogP contribution in [0.15, 0.2) is 18.2 Å². The quantitative estimate of drug-likeness (QED) is 0.640. The summed E-state index contributed by atoms with van der Waals surface area (Å²) in [5.41, 5.74) is 0.131. The number of amides is 1. The lowest BCUT2D eigenvalue weighted by Crippen LogP contribution is -2.44. The van der Waals surface area contributed by atoms with Gasteiger partial charge >= 0.3 is 0 Å². The molecule has 0 aliphatic carbocycles. The van der Waals surface area contributed by atoms with E-state index in [-0.39, 0.29) is 29.0 Å². The first-order valence-electron chi connectivity index (χ1n) is 6.03. The molecule has 0 bridgehead atoms. The Morgan fingerprint density at radius 2 is 2.17 bits per heavy atom. The van der Waals surface area contributed by atoms with Crippen molar-refractivity contribution in [2.45, 2.75) is 25.3 Å². The number of phenols is 2. The van der Waals surface area contributed by atoms with Gasteiger partial charge in [0.25, 0.3) is 5.91 Å². The summed E-state index contributed by atoms with van der Waals surface area (Å²) in [7, 11) is 0. The van der Waals surface area contributed by atoms with Crippen molar-refractivity contribution in [2.24, 2.45) is 0 Å². The first-order chi connectivity index (χ1) is 8.65. The number of halogens is 1. The monoisotopic (exact) mass is 269 g/mol. The highest BCUT2D eigenvalue weighted by Gasteiger charge is 2.28. The highest BCUT2D eigenvalue weighted by atomic mass is 35.5. The van der Waals surface area contributed by atoms with Gasteiger partial charge in [0, 0.05) is 18.5 Å². The zero-order valence-electron chi connectivity index (χ0n) is 9.97. The maximum absolute atomic E-state index is 12.3. The Morgan fingerprint density at radius 3 is 2.89 bits per heavy atom. The largest absolute Gasteiger partial charge is 0.504 e. The summed E-state index contributed by atoms with van der Waals surface area (Å²) in [4.78, 5) is 14.0. The summed E-state index contributed by atoms with van der Waals surface area (Å²) >= 11 is 5.87. The predicted molar refractivity (Wildman–Crippen MR) is 69.2 cm³/mol. The molecule has 18 heavy (non-hydrogen) atoms. The number of carbonyl (C=O) groups excluding carboxylic acids is 1. The SMILES string of the molecule is O=C(c1cccc(O)c1O)N1CCCCC1CCl. The van der Waals surface area contributed by atoms with Gasteiger partial charge in [0.05, 0.1) is 5.56 Å². The molecule has 2 N–H and O–H groups in total. The Balaban J connectivity index is 2.27. The van der Waals surface area contributed by atoms with Crippen LogP contribution in [0.1, 0.15) is 29.6 Å². The van der Waals surface area contributed by atoms with E-state index >= 15 is 0 Å². The average Bonchev–Trinajstić information content (AvgIpc) is 2.41. The number of nitrogens with zero attached hydrogens (tertiary/aromatic N) is 1. The van der Waals surface area contributed by atoms with Crippen molar-refractivity contribution in [3.63, 3.8) is 0 Å². The summed E-state index contributed by atoms with van der Waals surface area (Å²) < 4.78 is 0. The van der Waals surface area contributed by atoms with Gasteiger partial charge in [-0.05, 0) is 31.4 Å². The van der Waals surface area contributed by atoms with Crippen LogP contribution in [-0.4, -0.2) is 39.5 Å². The van der Waals surface area contributed by atoms with Crippen LogP contribution in [0.4, 0.5) is 0 Å². The van der Waals surface area contributed by atoms with Gasteiger partial charge in [-0.25, -0.2) is 0 Å². The second kappa shape index (κ2) is 5.48. The Morgan fingerprint density at radius 1 is 1.39 bits per heavy atom. The molecule has 1 aliphatic heterocycles. The molecule has 1 heterocycles. The van der Waals surface area contributed by atoms with Crippen LogP contribution in [0, 0.1) is 0 Å². The zero-order valence-corrected chi connectivity index (χ0v) is 10.7. The van der Waals surface area contributed by atoms with Crippen molar-refractivity contribution in [1.29, 1.82) is 0 Å². The van der Waals surface area contributed by atoms with Gasteiger partial charge in [-0.2, -0.15) is 0 Å². The van der Waals surface area contributed by atoms with Crippen molar-refractivity contribution in [2.75, 3.05) is 12.4 Å². The Kier molecular flexibility index (Phi) is 3.97. The second-order valence-electron chi connectivity index (χ2n) is 4.48. The maximum atomic E-state index is 12.3. The molecule has 0 saturated carbocycles. The van der Waals surface area contributed by atoms with E-state index in [1.54, 1.807) is 11.0 Å². The third kappa shape index (κ3) is 2.38. The lowest BCUT2D eigenvalue weighted by molar-refractivity contribution is 0.0635. The smallest absolute Gasteiger partial charge is 0.258 e. The average molecular weight is 270 g/mol. The fraction of sp³-hybridized carbons (Fsp3) is 0.462. The van der Waals surface area contributed by atoms with Gasteiger partial charge in [0.2, 0.25) is 0 Å². The number of aromatic hydroxyl groups is 2. The second-order valence-corrected chi connectivity index (χ2v) is 4.78. The molecule has 1 aromatic carbocycles. The molecule has 98 valence electrons. The molecule has 1 atom stereocenters. The number of likely N-dealkylation sites (tertiary alicyclic amines) is 1.